The van der Waals surface area contributed by atoms with E-state index in [-0.39, 0.29) is 18.2 Å². The summed E-state index contributed by atoms with van der Waals surface area (Å²) in [5.74, 6) is -1.04. The van der Waals surface area contributed by atoms with Crippen LogP contribution in [0, 0.1) is 0 Å². The summed E-state index contributed by atoms with van der Waals surface area (Å²) in [5.41, 5.74) is 0.775. The Hall–Kier alpha value is -4.77. The summed E-state index contributed by atoms with van der Waals surface area (Å²) < 4.78 is 1.87. The van der Waals surface area contributed by atoms with Crippen LogP contribution < -0.4 is 5.69 Å². The maximum Gasteiger partial charge on any atom is 0.377 e. The van der Waals surface area contributed by atoms with Crippen molar-refractivity contribution in [2.45, 2.75) is 57.1 Å². The lowest BCUT2D eigenvalue weighted by atomic mass is 9.82. The van der Waals surface area contributed by atoms with Crippen molar-refractivity contribution in [1.82, 2.24) is 24.7 Å². The summed E-state index contributed by atoms with van der Waals surface area (Å²) in [4.78, 5) is 43.8. The summed E-state index contributed by atoms with van der Waals surface area (Å²) in [6.07, 6.45) is 5.56. The van der Waals surface area contributed by atoms with E-state index >= 15 is 0 Å². The predicted octanol–water partition coefficient (Wildman–Crippen LogP) is 5.50. The number of amides is 1. The number of hydrogen-bond acceptors (Lipinski definition) is 7. The number of halogens is 1. The van der Waals surface area contributed by atoms with Gasteiger partial charge in [-0.1, -0.05) is 109 Å². The Morgan fingerprint density at radius 3 is 2.07 bits per heavy atom. The highest BCUT2D eigenvalue weighted by Crippen LogP contribution is 2.41. The SMILES string of the molecule is CCN(C(=O)n1nnn(-c2ccccc2Cl)c1=O)C1CCCCC1.O=C(O)C1=NOC(c2ccccc2)(c2ccccc2)C1. The van der Waals surface area contributed by atoms with Crippen LogP contribution in [0.15, 0.2) is 94.9 Å². The van der Waals surface area contributed by atoms with E-state index in [0.717, 1.165) is 46.2 Å². The lowest BCUT2D eigenvalue weighted by molar-refractivity contribution is -0.129. The molecule has 1 fully saturated rings. The zero-order valence-corrected chi connectivity index (χ0v) is 25.0. The van der Waals surface area contributed by atoms with Gasteiger partial charge in [0.2, 0.25) is 0 Å². The largest absolute Gasteiger partial charge is 0.477 e. The van der Waals surface area contributed by atoms with Crippen molar-refractivity contribution in [3.63, 3.8) is 0 Å². The Morgan fingerprint density at radius 1 is 0.932 bits per heavy atom. The number of aliphatic carboxylic acids is 1. The predicted molar refractivity (Wildman–Crippen MR) is 165 cm³/mol. The highest BCUT2D eigenvalue weighted by atomic mass is 35.5. The van der Waals surface area contributed by atoms with Crippen LogP contribution in [0.25, 0.3) is 5.69 Å². The third-order valence-electron chi connectivity index (χ3n) is 7.90. The lowest BCUT2D eigenvalue weighted by Gasteiger charge is -2.32. The number of carboxylic acid groups (broad SMARTS) is 1. The number of aromatic nitrogens is 4. The van der Waals surface area contributed by atoms with E-state index in [1.54, 1.807) is 29.2 Å². The Labute approximate surface area is 259 Å². The van der Waals surface area contributed by atoms with Crippen LogP contribution >= 0.6 is 11.6 Å². The first kappa shape index (κ1) is 30.7. The van der Waals surface area contributed by atoms with Gasteiger partial charge in [0.25, 0.3) is 0 Å². The third kappa shape index (κ3) is 6.28. The molecule has 44 heavy (non-hydrogen) atoms. The van der Waals surface area contributed by atoms with Gasteiger partial charge in [-0.25, -0.2) is 14.4 Å². The Balaban J connectivity index is 0.000000177. The van der Waals surface area contributed by atoms with Crippen molar-refractivity contribution < 1.29 is 19.5 Å². The molecular weight excluding hydrogens is 584 g/mol. The molecule has 6 rings (SSSR count). The number of rotatable bonds is 6. The number of benzene rings is 3. The number of para-hydroxylation sites is 1. The normalized spacial score (nSPS) is 15.8. The molecule has 11 nitrogen and oxygen atoms in total. The van der Waals surface area contributed by atoms with E-state index in [9.17, 15) is 14.4 Å². The van der Waals surface area contributed by atoms with Gasteiger partial charge in [-0.15, -0.1) is 4.68 Å². The molecule has 1 aliphatic heterocycles. The number of carbonyl (C=O) groups excluding carboxylic acids is 1. The van der Waals surface area contributed by atoms with Crippen LogP contribution in [0.2, 0.25) is 5.02 Å². The molecule has 1 aromatic heterocycles. The van der Waals surface area contributed by atoms with Crippen LogP contribution in [0.3, 0.4) is 0 Å². The molecule has 12 heteroatoms. The molecule has 0 spiro atoms. The zero-order valence-electron chi connectivity index (χ0n) is 24.3. The molecule has 3 aromatic carbocycles. The Bertz CT molecular complexity index is 1640. The van der Waals surface area contributed by atoms with Gasteiger partial charge in [0.1, 0.15) is 0 Å². The average molecular weight is 617 g/mol. The van der Waals surface area contributed by atoms with Crippen molar-refractivity contribution in [2.24, 2.45) is 5.16 Å². The fourth-order valence-corrected chi connectivity index (χ4v) is 5.86. The van der Waals surface area contributed by atoms with E-state index < -0.39 is 23.3 Å². The van der Waals surface area contributed by atoms with Crippen LogP contribution in [-0.2, 0) is 15.2 Å². The maximum atomic E-state index is 12.8. The molecule has 2 heterocycles. The van der Waals surface area contributed by atoms with Crippen LogP contribution in [-0.4, -0.2) is 60.1 Å². The molecule has 0 radical (unpaired) electrons. The smallest absolute Gasteiger partial charge is 0.377 e. The van der Waals surface area contributed by atoms with Crippen molar-refractivity contribution >= 4 is 29.3 Å². The summed E-state index contributed by atoms with van der Waals surface area (Å²) in [7, 11) is 0. The van der Waals surface area contributed by atoms with Crippen molar-refractivity contribution in [3.05, 3.63) is 112 Å². The maximum absolute atomic E-state index is 12.8. The molecular formula is C32H33ClN6O5. The summed E-state index contributed by atoms with van der Waals surface area (Å²) >= 11 is 6.10. The average Bonchev–Trinajstić information content (AvgIpc) is 3.69. The van der Waals surface area contributed by atoms with E-state index in [2.05, 4.69) is 15.6 Å². The Kier molecular flexibility index (Phi) is 9.54. The van der Waals surface area contributed by atoms with Gasteiger partial charge in [0.05, 0.1) is 17.1 Å². The first-order chi connectivity index (χ1) is 21.4. The van der Waals surface area contributed by atoms with Gasteiger partial charge in [0.15, 0.2) is 11.3 Å². The molecule has 0 atom stereocenters. The topological polar surface area (TPSA) is 132 Å². The molecule has 0 bridgehead atoms. The number of oxime groups is 1. The molecule has 0 unspecified atom stereocenters. The molecule has 1 amide bonds. The highest BCUT2D eigenvalue weighted by Gasteiger charge is 2.44. The Morgan fingerprint density at radius 2 is 1.52 bits per heavy atom. The molecule has 2 aliphatic rings. The van der Waals surface area contributed by atoms with E-state index in [1.807, 2.05) is 67.6 Å². The third-order valence-corrected chi connectivity index (χ3v) is 8.22. The van der Waals surface area contributed by atoms with Crippen molar-refractivity contribution in [2.75, 3.05) is 6.54 Å². The number of nitrogens with zero attached hydrogens (tertiary/aromatic N) is 6. The van der Waals surface area contributed by atoms with Gasteiger partial charge in [-0.2, -0.15) is 4.68 Å². The summed E-state index contributed by atoms with van der Waals surface area (Å²) in [6.45, 7) is 2.45. The molecule has 1 saturated carbocycles. The molecule has 1 N–H and O–H groups in total. The lowest BCUT2D eigenvalue weighted by Crippen LogP contribution is -2.46. The monoisotopic (exact) mass is 616 g/mol. The molecule has 0 saturated heterocycles. The fourth-order valence-electron chi connectivity index (χ4n) is 5.64. The van der Waals surface area contributed by atoms with Crippen LogP contribution in [0.5, 0.6) is 0 Å². The van der Waals surface area contributed by atoms with Crippen LogP contribution in [0.1, 0.15) is 56.6 Å². The second-order valence-corrected chi connectivity index (χ2v) is 11.0. The van der Waals surface area contributed by atoms with Gasteiger partial charge in [-0.05, 0) is 42.3 Å². The summed E-state index contributed by atoms with van der Waals surface area (Å²) in [5, 5.41) is 20.8. The second-order valence-electron chi connectivity index (χ2n) is 10.6. The van der Waals surface area contributed by atoms with Crippen LogP contribution in [0.4, 0.5) is 4.79 Å². The van der Waals surface area contributed by atoms with Gasteiger partial charge >= 0.3 is 17.7 Å². The van der Waals surface area contributed by atoms with Gasteiger partial charge in [-0.3, -0.25) is 0 Å². The molecule has 4 aromatic rings. The minimum Gasteiger partial charge on any atom is -0.477 e. The van der Waals surface area contributed by atoms with E-state index in [4.69, 9.17) is 21.5 Å². The van der Waals surface area contributed by atoms with Crippen molar-refractivity contribution in [1.29, 1.82) is 0 Å². The van der Waals surface area contributed by atoms with Crippen molar-refractivity contribution in [3.8, 4) is 5.69 Å². The number of tetrazole rings is 1. The van der Waals surface area contributed by atoms with Gasteiger partial charge in [0, 0.05) is 23.7 Å². The minimum absolute atomic E-state index is 0.0395. The summed E-state index contributed by atoms with van der Waals surface area (Å²) in [6, 6.07) is 25.7. The number of carbonyl (C=O) groups is 2. The quantitative estimate of drug-likeness (QED) is 0.283. The highest BCUT2D eigenvalue weighted by molar-refractivity contribution is 6.36. The van der Waals surface area contributed by atoms with E-state index in [1.165, 1.54) is 6.42 Å². The molecule has 1 aliphatic carbocycles. The van der Waals surface area contributed by atoms with E-state index in [0.29, 0.717) is 17.3 Å². The minimum atomic E-state index is -1.04. The standard InChI is InChI=1S/C16H20ClN5O2.C16H13NO3/c1-2-20(12-8-4-3-5-9-12)15(23)22-16(24)21(18-19-22)14-11-7-6-10-13(14)17;18-15(19)14-11-16(20-17-14,12-7-3-1-4-8-12)13-9-5-2-6-10-13/h6-7,10-12H,2-5,8-9H2,1H3;1-10H,11H2,(H,18,19). The first-order valence-electron chi connectivity index (χ1n) is 14.6. The number of hydrogen-bond donors (Lipinski definition) is 1. The number of carboxylic acids is 1. The zero-order chi connectivity index (χ0) is 31.1. The molecule has 228 valence electrons. The second kappa shape index (κ2) is 13.7. The fraction of sp³-hybridized carbons (Fsp3) is 0.312. The van der Waals surface area contributed by atoms with Gasteiger partial charge < -0.3 is 14.8 Å². The first-order valence-corrected chi connectivity index (χ1v) is 14.9.